The molecule has 0 saturated carbocycles. The molecular weight excluding hydrogens is 334 g/mol. The monoisotopic (exact) mass is 357 g/mol. The lowest BCUT2D eigenvalue weighted by molar-refractivity contribution is -0.121. The maximum absolute atomic E-state index is 12.9. The van der Waals surface area contributed by atoms with Crippen LogP contribution in [-0.4, -0.2) is 40.8 Å². The Morgan fingerprint density at radius 3 is 2.80 bits per heavy atom. The second kappa shape index (κ2) is 7.78. The van der Waals surface area contributed by atoms with Crippen molar-refractivity contribution in [2.45, 2.75) is 39.2 Å². The zero-order valence-electron chi connectivity index (χ0n) is 14.6. The van der Waals surface area contributed by atoms with Crippen LogP contribution in [0.25, 0.3) is 10.6 Å². The molecule has 1 aromatic carbocycles. The predicted octanol–water partition coefficient (Wildman–Crippen LogP) is 3.25. The lowest BCUT2D eigenvalue weighted by atomic mass is 10.1. The van der Waals surface area contributed by atoms with E-state index in [1.807, 2.05) is 49.1 Å². The molecule has 0 aliphatic carbocycles. The van der Waals surface area contributed by atoms with E-state index in [4.69, 9.17) is 0 Å². The van der Waals surface area contributed by atoms with E-state index in [0.717, 1.165) is 35.7 Å². The largest absolute Gasteiger partial charge is 0.352 e. The summed E-state index contributed by atoms with van der Waals surface area (Å²) in [4.78, 5) is 31.7. The fraction of sp³-hybridized carbons (Fsp3) is 0.421. The summed E-state index contributed by atoms with van der Waals surface area (Å²) in [6.45, 7) is 5.03. The van der Waals surface area contributed by atoms with Gasteiger partial charge in [0.05, 0.1) is 5.69 Å². The molecule has 1 saturated heterocycles. The van der Waals surface area contributed by atoms with Crippen molar-refractivity contribution in [2.24, 2.45) is 0 Å². The van der Waals surface area contributed by atoms with Gasteiger partial charge in [-0.25, -0.2) is 4.98 Å². The molecule has 132 valence electrons. The second-order valence-corrected chi connectivity index (χ2v) is 7.31. The Bertz CT molecular complexity index is 757. The fourth-order valence-electron chi connectivity index (χ4n) is 3.05. The Kier molecular flexibility index (Phi) is 5.48. The summed E-state index contributed by atoms with van der Waals surface area (Å²) in [5.74, 6) is 0.0623. The summed E-state index contributed by atoms with van der Waals surface area (Å²) in [7, 11) is 0. The van der Waals surface area contributed by atoms with Gasteiger partial charge in [0.15, 0.2) is 0 Å². The van der Waals surface area contributed by atoms with Crippen LogP contribution in [0.5, 0.6) is 0 Å². The minimum Gasteiger partial charge on any atom is -0.352 e. The number of amides is 2. The molecule has 1 N–H and O–H groups in total. The number of hydrogen-bond acceptors (Lipinski definition) is 4. The third-order valence-corrected chi connectivity index (χ3v) is 5.60. The van der Waals surface area contributed by atoms with Crippen LogP contribution in [0.3, 0.4) is 0 Å². The van der Waals surface area contributed by atoms with E-state index in [0.29, 0.717) is 17.8 Å². The van der Waals surface area contributed by atoms with Crippen LogP contribution in [0, 0.1) is 6.92 Å². The lowest BCUT2D eigenvalue weighted by Crippen LogP contribution is -2.49. The SMILES string of the molecule is CCC(=O)NC1CCCN(C(=O)c2sc(-c3ccccc3)nc2C)C1. The first-order valence-electron chi connectivity index (χ1n) is 8.70. The number of rotatable bonds is 4. The summed E-state index contributed by atoms with van der Waals surface area (Å²) in [6, 6.07) is 9.97. The topological polar surface area (TPSA) is 62.3 Å². The Morgan fingerprint density at radius 1 is 1.32 bits per heavy atom. The number of hydrogen-bond donors (Lipinski definition) is 1. The van der Waals surface area contributed by atoms with E-state index in [2.05, 4.69) is 10.3 Å². The minimum absolute atomic E-state index is 0.0210. The molecular formula is C19H23N3O2S. The number of carbonyl (C=O) groups is 2. The number of carbonyl (C=O) groups excluding carboxylic acids is 2. The van der Waals surface area contributed by atoms with Gasteiger partial charge in [-0.2, -0.15) is 0 Å². The molecule has 3 rings (SSSR count). The molecule has 0 bridgehead atoms. The summed E-state index contributed by atoms with van der Waals surface area (Å²) in [5, 5.41) is 3.88. The van der Waals surface area contributed by atoms with Gasteiger partial charge < -0.3 is 10.2 Å². The number of benzene rings is 1. The molecule has 5 nitrogen and oxygen atoms in total. The number of thiazole rings is 1. The first-order valence-corrected chi connectivity index (χ1v) is 9.51. The highest BCUT2D eigenvalue weighted by Gasteiger charge is 2.27. The van der Waals surface area contributed by atoms with Gasteiger partial charge in [-0.15, -0.1) is 11.3 Å². The maximum Gasteiger partial charge on any atom is 0.265 e. The Morgan fingerprint density at radius 2 is 2.08 bits per heavy atom. The molecule has 1 unspecified atom stereocenters. The summed E-state index contributed by atoms with van der Waals surface area (Å²) >= 11 is 1.44. The van der Waals surface area contributed by atoms with Crippen molar-refractivity contribution in [3.8, 4) is 10.6 Å². The zero-order chi connectivity index (χ0) is 17.8. The van der Waals surface area contributed by atoms with Gasteiger partial charge in [0.25, 0.3) is 5.91 Å². The summed E-state index contributed by atoms with van der Waals surface area (Å²) in [6.07, 6.45) is 2.30. The van der Waals surface area contributed by atoms with Crippen LogP contribution in [-0.2, 0) is 4.79 Å². The normalized spacial score (nSPS) is 17.4. The van der Waals surface area contributed by atoms with Crippen molar-refractivity contribution >= 4 is 23.2 Å². The number of nitrogens with zero attached hydrogens (tertiary/aromatic N) is 2. The highest BCUT2D eigenvalue weighted by atomic mass is 32.1. The minimum atomic E-state index is 0.0210. The number of likely N-dealkylation sites (tertiary alicyclic amines) is 1. The molecule has 1 aliphatic heterocycles. The third kappa shape index (κ3) is 4.07. The zero-order valence-corrected chi connectivity index (χ0v) is 15.4. The molecule has 25 heavy (non-hydrogen) atoms. The molecule has 6 heteroatoms. The molecule has 2 amide bonds. The first-order chi connectivity index (χ1) is 12.1. The number of aromatic nitrogens is 1. The van der Waals surface area contributed by atoms with E-state index in [1.54, 1.807) is 0 Å². The van der Waals surface area contributed by atoms with Crippen molar-refractivity contribution in [3.63, 3.8) is 0 Å². The Labute approximate surface area is 152 Å². The van der Waals surface area contributed by atoms with Gasteiger partial charge in [0.1, 0.15) is 9.88 Å². The molecule has 1 aromatic heterocycles. The van der Waals surface area contributed by atoms with Crippen LogP contribution in [0.1, 0.15) is 41.6 Å². The fourth-order valence-corrected chi connectivity index (χ4v) is 4.09. The Hall–Kier alpha value is -2.21. The van der Waals surface area contributed by atoms with E-state index in [-0.39, 0.29) is 17.9 Å². The quantitative estimate of drug-likeness (QED) is 0.914. The van der Waals surface area contributed by atoms with Gasteiger partial charge in [-0.3, -0.25) is 9.59 Å². The van der Waals surface area contributed by atoms with Crippen molar-refractivity contribution in [2.75, 3.05) is 13.1 Å². The molecule has 2 heterocycles. The molecule has 1 atom stereocenters. The van der Waals surface area contributed by atoms with Gasteiger partial charge in [0, 0.05) is 31.1 Å². The van der Waals surface area contributed by atoms with Crippen LogP contribution < -0.4 is 5.32 Å². The van der Waals surface area contributed by atoms with Crippen LogP contribution in [0.15, 0.2) is 30.3 Å². The number of piperidine rings is 1. The standard InChI is InChI=1S/C19H23N3O2S/c1-3-16(23)21-15-10-7-11-22(12-15)19(24)17-13(2)20-18(25-17)14-8-5-4-6-9-14/h4-6,8-9,15H,3,7,10-12H2,1-2H3,(H,21,23). The van der Waals surface area contributed by atoms with E-state index >= 15 is 0 Å². The number of nitrogens with one attached hydrogen (secondary N) is 1. The average molecular weight is 357 g/mol. The van der Waals surface area contributed by atoms with Crippen molar-refractivity contribution in [3.05, 3.63) is 40.9 Å². The van der Waals surface area contributed by atoms with Gasteiger partial charge in [-0.1, -0.05) is 37.3 Å². The van der Waals surface area contributed by atoms with Crippen LogP contribution >= 0.6 is 11.3 Å². The van der Waals surface area contributed by atoms with Gasteiger partial charge in [-0.05, 0) is 19.8 Å². The first kappa shape index (κ1) is 17.6. The van der Waals surface area contributed by atoms with Crippen molar-refractivity contribution in [1.29, 1.82) is 0 Å². The van der Waals surface area contributed by atoms with E-state index < -0.39 is 0 Å². The van der Waals surface area contributed by atoms with Crippen LogP contribution in [0.2, 0.25) is 0 Å². The van der Waals surface area contributed by atoms with Crippen LogP contribution in [0.4, 0.5) is 0 Å². The smallest absolute Gasteiger partial charge is 0.265 e. The molecule has 1 fully saturated rings. The molecule has 0 radical (unpaired) electrons. The lowest BCUT2D eigenvalue weighted by Gasteiger charge is -2.33. The van der Waals surface area contributed by atoms with E-state index in [1.165, 1.54) is 11.3 Å². The summed E-state index contributed by atoms with van der Waals surface area (Å²) in [5.41, 5.74) is 1.80. The Balaban J connectivity index is 1.74. The van der Waals surface area contributed by atoms with Crippen molar-refractivity contribution < 1.29 is 9.59 Å². The predicted molar refractivity (Wildman–Crippen MR) is 99.6 cm³/mol. The highest BCUT2D eigenvalue weighted by molar-refractivity contribution is 7.17. The van der Waals surface area contributed by atoms with Gasteiger partial charge >= 0.3 is 0 Å². The number of aryl methyl sites for hydroxylation is 1. The molecule has 0 spiro atoms. The highest BCUT2D eigenvalue weighted by Crippen LogP contribution is 2.29. The molecule has 1 aliphatic rings. The molecule has 2 aromatic rings. The second-order valence-electron chi connectivity index (χ2n) is 6.31. The van der Waals surface area contributed by atoms with E-state index in [9.17, 15) is 9.59 Å². The maximum atomic E-state index is 12.9. The van der Waals surface area contributed by atoms with Crippen molar-refractivity contribution in [1.82, 2.24) is 15.2 Å². The average Bonchev–Trinajstić information content (AvgIpc) is 3.03. The third-order valence-electron chi connectivity index (χ3n) is 4.41. The van der Waals surface area contributed by atoms with Gasteiger partial charge in [0.2, 0.25) is 5.91 Å². The summed E-state index contributed by atoms with van der Waals surface area (Å²) < 4.78 is 0.